The van der Waals surface area contributed by atoms with E-state index in [1.165, 1.54) is 17.3 Å². The van der Waals surface area contributed by atoms with Crippen LogP contribution in [0.15, 0.2) is 59.9 Å². The van der Waals surface area contributed by atoms with Crippen LogP contribution >= 0.6 is 23.4 Å². The number of aryl methyl sites for hydroxylation is 1. The average Bonchev–Trinajstić information content (AvgIpc) is 3.14. The van der Waals surface area contributed by atoms with Gasteiger partial charge in [-0.2, -0.15) is 0 Å². The lowest BCUT2D eigenvalue weighted by atomic mass is 10.0. The van der Waals surface area contributed by atoms with Gasteiger partial charge in [-0.3, -0.25) is 4.79 Å². The molecule has 4 rings (SSSR count). The van der Waals surface area contributed by atoms with E-state index in [0.717, 1.165) is 53.1 Å². The van der Waals surface area contributed by atoms with Gasteiger partial charge in [0.25, 0.3) is 0 Å². The van der Waals surface area contributed by atoms with Crippen molar-refractivity contribution >= 4 is 35.0 Å². The Morgan fingerprint density at radius 2 is 1.93 bits per heavy atom. The van der Waals surface area contributed by atoms with Crippen molar-refractivity contribution in [3.8, 4) is 11.3 Å². The van der Waals surface area contributed by atoms with Gasteiger partial charge in [0.1, 0.15) is 0 Å². The summed E-state index contributed by atoms with van der Waals surface area (Å²) in [6, 6.07) is 16.0. The fraction of sp³-hybridized carbons (Fsp3) is 0.333. The second-order valence-electron chi connectivity index (χ2n) is 8.00. The number of anilines is 1. The summed E-state index contributed by atoms with van der Waals surface area (Å²) in [5.74, 6) is 0.984. The van der Waals surface area contributed by atoms with Crippen molar-refractivity contribution in [1.82, 2.24) is 9.55 Å². The van der Waals surface area contributed by atoms with Crippen molar-refractivity contribution in [3.05, 3.63) is 65.3 Å². The molecular formula is C24H26ClN3OS. The molecule has 0 saturated heterocycles. The van der Waals surface area contributed by atoms with Gasteiger partial charge in [-0.05, 0) is 48.1 Å². The van der Waals surface area contributed by atoms with Gasteiger partial charge in [0.15, 0.2) is 5.16 Å². The second kappa shape index (κ2) is 9.27. The van der Waals surface area contributed by atoms with Gasteiger partial charge < -0.3 is 9.47 Å². The van der Waals surface area contributed by atoms with Crippen LogP contribution in [-0.2, 0) is 17.8 Å². The van der Waals surface area contributed by atoms with Crippen molar-refractivity contribution in [1.29, 1.82) is 0 Å². The van der Waals surface area contributed by atoms with Crippen LogP contribution in [0.25, 0.3) is 11.3 Å². The number of imidazole rings is 1. The number of hydrogen-bond acceptors (Lipinski definition) is 3. The molecule has 0 spiro atoms. The molecule has 0 aliphatic carbocycles. The summed E-state index contributed by atoms with van der Waals surface area (Å²) in [5.41, 5.74) is 4.45. The van der Waals surface area contributed by atoms with Crippen LogP contribution in [0.4, 0.5) is 5.69 Å². The van der Waals surface area contributed by atoms with E-state index in [0.29, 0.717) is 11.7 Å². The monoisotopic (exact) mass is 439 g/mol. The van der Waals surface area contributed by atoms with E-state index >= 15 is 0 Å². The number of para-hydroxylation sites is 1. The van der Waals surface area contributed by atoms with E-state index in [2.05, 4.69) is 35.5 Å². The molecule has 1 aliphatic rings. The minimum Gasteiger partial charge on any atom is -0.319 e. The molecular weight excluding hydrogens is 414 g/mol. The Balaban J connectivity index is 1.53. The minimum absolute atomic E-state index is 0.138. The van der Waals surface area contributed by atoms with Gasteiger partial charge in [-0.25, -0.2) is 4.98 Å². The molecule has 0 saturated carbocycles. The molecule has 0 N–H and O–H groups in total. The predicted octanol–water partition coefficient (Wildman–Crippen LogP) is 5.93. The highest BCUT2D eigenvalue weighted by Crippen LogP contribution is 2.30. The highest BCUT2D eigenvalue weighted by Gasteiger charge is 2.23. The molecule has 3 aromatic rings. The third-order valence-electron chi connectivity index (χ3n) is 5.24. The van der Waals surface area contributed by atoms with Crippen LogP contribution in [0.2, 0.25) is 5.02 Å². The summed E-state index contributed by atoms with van der Waals surface area (Å²) in [5, 5.41) is 1.60. The molecule has 1 amide bonds. The third kappa shape index (κ3) is 4.57. The van der Waals surface area contributed by atoms with Gasteiger partial charge in [-0.1, -0.05) is 67.5 Å². The quantitative estimate of drug-likeness (QED) is 0.446. The number of carbonyl (C=O) groups is 1. The van der Waals surface area contributed by atoms with Crippen LogP contribution in [0.3, 0.4) is 0 Å². The highest BCUT2D eigenvalue weighted by atomic mass is 35.5. The number of amides is 1. The average molecular weight is 440 g/mol. The topological polar surface area (TPSA) is 38.1 Å². The first-order chi connectivity index (χ1) is 14.5. The Labute approximate surface area is 187 Å². The summed E-state index contributed by atoms with van der Waals surface area (Å²) in [4.78, 5) is 19.6. The van der Waals surface area contributed by atoms with E-state index < -0.39 is 0 Å². The van der Waals surface area contributed by atoms with Crippen LogP contribution in [-0.4, -0.2) is 27.8 Å². The number of rotatable bonds is 6. The van der Waals surface area contributed by atoms with Crippen molar-refractivity contribution < 1.29 is 4.79 Å². The van der Waals surface area contributed by atoms with E-state index in [9.17, 15) is 4.79 Å². The SMILES string of the molecule is CC(C)Cn1c(-c2ccc(Cl)cc2)cnc1SCC(=O)N1CCCc2ccccc21. The van der Waals surface area contributed by atoms with Crippen molar-refractivity contribution in [2.75, 3.05) is 17.2 Å². The smallest absolute Gasteiger partial charge is 0.237 e. The molecule has 6 heteroatoms. The summed E-state index contributed by atoms with van der Waals surface area (Å²) in [6.07, 6.45) is 3.95. The number of hydrogen-bond donors (Lipinski definition) is 0. The molecule has 4 nitrogen and oxygen atoms in total. The Morgan fingerprint density at radius 1 is 1.17 bits per heavy atom. The molecule has 2 aromatic carbocycles. The number of thioether (sulfide) groups is 1. The lowest BCUT2D eigenvalue weighted by Crippen LogP contribution is -2.36. The minimum atomic E-state index is 0.138. The first kappa shape index (κ1) is 21.0. The number of aromatic nitrogens is 2. The maximum absolute atomic E-state index is 13.0. The van der Waals surface area contributed by atoms with Crippen molar-refractivity contribution in [2.45, 2.75) is 38.4 Å². The van der Waals surface area contributed by atoms with Gasteiger partial charge in [0.05, 0.1) is 17.6 Å². The van der Waals surface area contributed by atoms with Crippen molar-refractivity contribution in [3.63, 3.8) is 0 Å². The van der Waals surface area contributed by atoms with Gasteiger partial charge in [-0.15, -0.1) is 0 Å². The maximum atomic E-state index is 13.0. The van der Waals surface area contributed by atoms with E-state index in [-0.39, 0.29) is 5.91 Å². The molecule has 0 radical (unpaired) electrons. The fourth-order valence-corrected chi connectivity index (χ4v) is 4.85. The molecule has 0 bridgehead atoms. The highest BCUT2D eigenvalue weighted by molar-refractivity contribution is 7.99. The molecule has 0 fully saturated rings. The van der Waals surface area contributed by atoms with Crippen LogP contribution in [0.5, 0.6) is 0 Å². The van der Waals surface area contributed by atoms with Crippen molar-refractivity contribution in [2.24, 2.45) is 5.92 Å². The zero-order chi connectivity index (χ0) is 21.1. The van der Waals surface area contributed by atoms with E-state index in [1.807, 2.05) is 47.5 Å². The second-order valence-corrected chi connectivity index (χ2v) is 9.38. The van der Waals surface area contributed by atoms with Crippen LogP contribution < -0.4 is 4.90 Å². The summed E-state index contributed by atoms with van der Waals surface area (Å²) in [6.45, 7) is 6.01. The number of benzene rings is 2. The molecule has 0 unspecified atom stereocenters. The number of halogens is 1. The number of fused-ring (bicyclic) bond motifs is 1. The normalized spacial score (nSPS) is 13.5. The fourth-order valence-electron chi connectivity index (χ4n) is 3.86. The summed E-state index contributed by atoms with van der Waals surface area (Å²) >= 11 is 7.57. The first-order valence-electron chi connectivity index (χ1n) is 10.4. The lowest BCUT2D eigenvalue weighted by Gasteiger charge is -2.29. The molecule has 156 valence electrons. The summed E-state index contributed by atoms with van der Waals surface area (Å²) in [7, 11) is 0. The van der Waals surface area contributed by atoms with Gasteiger partial charge in [0, 0.05) is 23.8 Å². The molecule has 2 heterocycles. The zero-order valence-electron chi connectivity index (χ0n) is 17.3. The Bertz CT molecular complexity index is 1030. The molecule has 1 aliphatic heterocycles. The Kier molecular flexibility index (Phi) is 6.49. The van der Waals surface area contributed by atoms with Crippen LogP contribution in [0, 0.1) is 5.92 Å². The predicted molar refractivity (Wildman–Crippen MR) is 125 cm³/mol. The van der Waals surface area contributed by atoms with E-state index in [1.54, 1.807) is 0 Å². The maximum Gasteiger partial charge on any atom is 0.237 e. The zero-order valence-corrected chi connectivity index (χ0v) is 18.9. The molecule has 1 aromatic heterocycles. The Hall–Kier alpha value is -2.24. The third-order valence-corrected chi connectivity index (χ3v) is 6.47. The standard InChI is InChI=1S/C24H26ClN3OS/c1-17(2)15-28-22(19-9-11-20(25)12-10-19)14-26-24(28)30-16-23(29)27-13-5-7-18-6-3-4-8-21(18)27/h3-4,6,8-12,14,17H,5,7,13,15-16H2,1-2H3. The van der Waals surface area contributed by atoms with Gasteiger partial charge in [0.2, 0.25) is 5.91 Å². The van der Waals surface area contributed by atoms with E-state index in [4.69, 9.17) is 11.6 Å². The first-order valence-corrected chi connectivity index (χ1v) is 11.7. The molecule has 30 heavy (non-hydrogen) atoms. The van der Waals surface area contributed by atoms with Crippen LogP contribution in [0.1, 0.15) is 25.8 Å². The molecule has 0 atom stereocenters. The summed E-state index contributed by atoms with van der Waals surface area (Å²) < 4.78 is 2.22. The number of nitrogens with zero attached hydrogens (tertiary/aromatic N) is 3. The number of carbonyl (C=O) groups excluding carboxylic acids is 1. The lowest BCUT2D eigenvalue weighted by molar-refractivity contribution is -0.116. The Morgan fingerprint density at radius 3 is 2.70 bits per heavy atom. The van der Waals surface area contributed by atoms with Gasteiger partial charge >= 0.3 is 0 Å². The largest absolute Gasteiger partial charge is 0.319 e.